The van der Waals surface area contributed by atoms with Gasteiger partial charge in [0.15, 0.2) is 0 Å². The maximum atomic E-state index is 13.2. The van der Waals surface area contributed by atoms with Crippen molar-refractivity contribution in [2.24, 2.45) is 10.8 Å². The molecule has 0 aliphatic carbocycles. The summed E-state index contributed by atoms with van der Waals surface area (Å²) < 4.78 is 31.9. The number of amides is 2. The van der Waals surface area contributed by atoms with Crippen LogP contribution < -0.4 is 20.8 Å². The number of benzene rings is 2. The van der Waals surface area contributed by atoms with Crippen LogP contribution in [0.25, 0.3) is 0 Å². The van der Waals surface area contributed by atoms with Gasteiger partial charge < -0.3 is 15.8 Å². The fraction of sp³-hybridized carbons (Fsp3) is 0.130. The number of hydrogen-bond acceptors (Lipinski definition) is 6. The van der Waals surface area contributed by atoms with Crippen LogP contribution >= 0.6 is 0 Å². The van der Waals surface area contributed by atoms with E-state index in [-0.39, 0.29) is 24.6 Å². The van der Waals surface area contributed by atoms with Gasteiger partial charge in [0, 0.05) is 31.3 Å². The molecule has 2 amide bonds. The van der Waals surface area contributed by atoms with Crippen molar-refractivity contribution >= 4 is 23.2 Å². The molecule has 4 rings (SSSR count). The number of halogens is 2. The van der Waals surface area contributed by atoms with Crippen LogP contribution in [0, 0.1) is 11.6 Å². The molecular weight excluding hydrogens is 432 g/mol. The zero-order chi connectivity index (χ0) is 23.4. The monoisotopic (exact) mass is 451 g/mol. The topological polar surface area (TPSA) is 110 Å². The zero-order valence-corrected chi connectivity index (χ0v) is 17.2. The molecule has 0 saturated carbocycles. The van der Waals surface area contributed by atoms with Crippen molar-refractivity contribution in [2.75, 3.05) is 5.01 Å². The molecule has 0 saturated heterocycles. The molecular formula is C23H19F2N5O3. The molecule has 33 heavy (non-hydrogen) atoms. The first kappa shape index (κ1) is 21.9. The largest absolute Gasteiger partial charge is 0.439 e. The molecule has 2 heterocycles. The summed E-state index contributed by atoms with van der Waals surface area (Å²) in [6.45, 7) is 0.156. The van der Waals surface area contributed by atoms with Gasteiger partial charge in [-0.2, -0.15) is 5.10 Å². The first-order chi connectivity index (χ1) is 15.9. The number of primary amides is 1. The van der Waals surface area contributed by atoms with Crippen molar-refractivity contribution in [3.8, 4) is 11.6 Å². The maximum Gasteiger partial charge on any atom is 0.267 e. The normalized spacial score (nSPS) is 15.2. The minimum atomic E-state index is -0.850. The fourth-order valence-electron chi connectivity index (χ4n) is 3.21. The van der Waals surface area contributed by atoms with E-state index >= 15 is 0 Å². The van der Waals surface area contributed by atoms with E-state index in [1.165, 1.54) is 53.7 Å². The van der Waals surface area contributed by atoms with Gasteiger partial charge >= 0.3 is 0 Å². The molecule has 3 aromatic rings. The summed E-state index contributed by atoms with van der Waals surface area (Å²) in [5, 5.41) is 8.25. The molecule has 1 aromatic heterocycles. The number of carbonyl (C=O) groups excluding carboxylic acids is 2. The van der Waals surface area contributed by atoms with Crippen LogP contribution in [-0.2, 0) is 16.1 Å². The summed E-state index contributed by atoms with van der Waals surface area (Å²) >= 11 is 0. The lowest BCUT2D eigenvalue weighted by atomic mass is 10.1. The zero-order valence-electron chi connectivity index (χ0n) is 17.2. The van der Waals surface area contributed by atoms with Crippen molar-refractivity contribution in [3.05, 3.63) is 84.1 Å². The van der Waals surface area contributed by atoms with Gasteiger partial charge in [0.2, 0.25) is 11.8 Å². The van der Waals surface area contributed by atoms with Gasteiger partial charge in [-0.05, 0) is 42.0 Å². The highest BCUT2D eigenvalue weighted by Crippen LogP contribution is 2.25. The number of nitrogens with one attached hydrogen (secondary N) is 1. The van der Waals surface area contributed by atoms with E-state index in [0.717, 1.165) is 0 Å². The molecule has 0 spiro atoms. The number of hydrazone groups is 1. The second-order valence-electron chi connectivity index (χ2n) is 7.24. The van der Waals surface area contributed by atoms with Crippen molar-refractivity contribution in [2.45, 2.75) is 19.0 Å². The summed E-state index contributed by atoms with van der Waals surface area (Å²) in [4.78, 5) is 28.6. The van der Waals surface area contributed by atoms with Gasteiger partial charge in [0.1, 0.15) is 29.1 Å². The van der Waals surface area contributed by atoms with Gasteiger partial charge in [-0.1, -0.05) is 12.1 Å². The van der Waals surface area contributed by atoms with E-state index in [4.69, 9.17) is 10.5 Å². The molecule has 2 aromatic carbocycles. The molecule has 1 aliphatic rings. The Hall–Kier alpha value is -4.34. The minimum Gasteiger partial charge on any atom is -0.439 e. The van der Waals surface area contributed by atoms with Crippen molar-refractivity contribution in [1.29, 1.82) is 0 Å². The van der Waals surface area contributed by atoms with E-state index in [1.807, 2.05) is 0 Å². The van der Waals surface area contributed by atoms with Crippen LogP contribution in [0.5, 0.6) is 11.6 Å². The fourth-order valence-corrected chi connectivity index (χ4v) is 3.21. The van der Waals surface area contributed by atoms with Crippen LogP contribution in [0.3, 0.4) is 0 Å². The van der Waals surface area contributed by atoms with Gasteiger partial charge in [-0.3, -0.25) is 14.6 Å². The Bertz CT molecular complexity index is 1200. The van der Waals surface area contributed by atoms with Crippen molar-refractivity contribution in [1.82, 2.24) is 10.3 Å². The van der Waals surface area contributed by atoms with E-state index in [1.54, 1.807) is 18.2 Å². The molecule has 0 fully saturated rings. The van der Waals surface area contributed by atoms with Crippen LogP contribution in [0.4, 0.5) is 14.5 Å². The molecule has 1 atom stereocenters. The third-order valence-electron chi connectivity index (χ3n) is 4.86. The van der Waals surface area contributed by atoms with E-state index in [9.17, 15) is 18.4 Å². The second kappa shape index (κ2) is 9.43. The number of pyridine rings is 1. The predicted molar refractivity (Wildman–Crippen MR) is 116 cm³/mol. The average Bonchev–Trinajstić information content (AvgIpc) is 3.25. The molecule has 0 bridgehead atoms. The lowest BCUT2D eigenvalue weighted by molar-refractivity contribution is -0.119. The molecule has 3 N–H and O–H groups in total. The number of hydrogen-bond donors (Lipinski definition) is 2. The summed E-state index contributed by atoms with van der Waals surface area (Å²) in [7, 11) is 0. The average molecular weight is 451 g/mol. The second-order valence-corrected chi connectivity index (χ2v) is 7.24. The Kier molecular flexibility index (Phi) is 6.25. The van der Waals surface area contributed by atoms with Crippen LogP contribution in [0.2, 0.25) is 0 Å². The molecule has 0 radical (unpaired) electrons. The number of ether oxygens (including phenoxy) is 1. The Morgan fingerprint density at radius 2 is 1.88 bits per heavy atom. The van der Waals surface area contributed by atoms with Crippen LogP contribution in [-0.4, -0.2) is 28.6 Å². The number of aromatic nitrogens is 1. The van der Waals surface area contributed by atoms with E-state index in [0.29, 0.717) is 17.0 Å². The summed E-state index contributed by atoms with van der Waals surface area (Å²) in [5.74, 6) is -1.38. The van der Waals surface area contributed by atoms with Gasteiger partial charge in [-0.15, -0.1) is 0 Å². The summed E-state index contributed by atoms with van der Waals surface area (Å²) in [6, 6.07) is 13.5. The minimum absolute atomic E-state index is 0.0250. The van der Waals surface area contributed by atoms with E-state index < -0.39 is 29.5 Å². The molecule has 10 heteroatoms. The molecule has 1 unspecified atom stereocenters. The Morgan fingerprint density at radius 3 is 2.55 bits per heavy atom. The Morgan fingerprint density at radius 1 is 1.09 bits per heavy atom. The lowest BCUT2D eigenvalue weighted by Gasteiger charge is -2.20. The Balaban J connectivity index is 1.38. The predicted octanol–water partition coefficient (Wildman–Crippen LogP) is 2.89. The first-order valence-electron chi connectivity index (χ1n) is 9.97. The van der Waals surface area contributed by atoms with Crippen LogP contribution in [0.15, 0.2) is 72.0 Å². The lowest BCUT2D eigenvalue weighted by Crippen LogP contribution is -2.39. The van der Waals surface area contributed by atoms with Gasteiger partial charge in [-0.25, -0.2) is 13.8 Å². The number of anilines is 1. The standard InChI is InChI=1S/C23H19F2N5O3/c24-15-5-7-17(8-6-15)30-20(22(26)31)11-19(29-30)23(32)28-13-14-4-9-21(27-12-14)33-18-3-1-2-16(25)10-18/h1-10,12,20H,11,13H2,(H2,26,31)(H,28,32). The molecule has 8 nitrogen and oxygen atoms in total. The molecule has 168 valence electrons. The SMILES string of the molecule is NC(=O)C1CC(C(=O)NCc2ccc(Oc3cccc(F)c3)nc2)=NN1c1ccc(F)cc1. The first-order valence-corrected chi connectivity index (χ1v) is 9.97. The molecule has 1 aliphatic heterocycles. The number of nitrogens with zero attached hydrogens (tertiary/aromatic N) is 3. The third kappa shape index (κ3) is 5.29. The number of carbonyl (C=O) groups is 2. The van der Waals surface area contributed by atoms with Gasteiger partial charge in [0.05, 0.1) is 5.69 Å². The van der Waals surface area contributed by atoms with Gasteiger partial charge in [0.25, 0.3) is 5.91 Å². The summed E-state index contributed by atoms with van der Waals surface area (Å²) in [6.07, 6.45) is 1.54. The van der Waals surface area contributed by atoms with Crippen molar-refractivity contribution < 1.29 is 23.1 Å². The Labute approximate surface area is 187 Å². The summed E-state index contributed by atoms with van der Waals surface area (Å²) in [5.41, 5.74) is 6.72. The highest BCUT2D eigenvalue weighted by molar-refractivity contribution is 6.40. The highest BCUT2D eigenvalue weighted by Gasteiger charge is 2.34. The van der Waals surface area contributed by atoms with Crippen LogP contribution in [0.1, 0.15) is 12.0 Å². The smallest absolute Gasteiger partial charge is 0.267 e. The quantitative estimate of drug-likeness (QED) is 0.574. The third-order valence-corrected chi connectivity index (χ3v) is 4.86. The number of nitrogens with two attached hydrogens (primary N) is 1. The maximum absolute atomic E-state index is 13.2. The number of rotatable bonds is 7. The highest BCUT2D eigenvalue weighted by atomic mass is 19.1. The van der Waals surface area contributed by atoms with E-state index in [2.05, 4.69) is 15.4 Å². The van der Waals surface area contributed by atoms with Crippen molar-refractivity contribution in [3.63, 3.8) is 0 Å².